The molecular weight excluding hydrogens is 200 g/mol. The SMILES string of the molecule is CCC(=O)CC(=O)c1ccccc1Cl. The molecule has 0 bridgehead atoms. The molecule has 0 aromatic heterocycles. The topological polar surface area (TPSA) is 34.1 Å². The highest BCUT2D eigenvalue weighted by atomic mass is 35.5. The number of halogens is 1. The molecule has 14 heavy (non-hydrogen) atoms. The Bertz CT molecular complexity index is 358. The van der Waals surface area contributed by atoms with Gasteiger partial charge in [-0.15, -0.1) is 0 Å². The van der Waals surface area contributed by atoms with E-state index in [4.69, 9.17) is 11.6 Å². The number of hydrogen-bond donors (Lipinski definition) is 0. The van der Waals surface area contributed by atoms with Crippen LogP contribution in [-0.4, -0.2) is 11.6 Å². The van der Waals surface area contributed by atoms with Crippen LogP contribution in [0.2, 0.25) is 5.02 Å². The molecule has 0 spiro atoms. The van der Waals surface area contributed by atoms with Gasteiger partial charge in [-0.3, -0.25) is 9.59 Å². The molecule has 0 aliphatic carbocycles. The maximum Gasteiger partial charge on any atom is 0.171 e. The summed E-state index contributed by atoms with van der Waals surface area (Å²) in [6.07, 6.45) is 0.330. The highest BCUT2D eigenvalue weighted by Gasteiger charge is 2.12. The zero-order valence-electron chi connectivity index (χ0n) is 7.92. The summed E-state index contributed by atoms with van der Waals surface area (Å²) in [5.41, 5.74) is 0.427. The van der Waals surface area contributed by atoms with Gasteiger partial charge in [0.1, 0.15) is 5.78 Å². The summed E-state index contributed by atoms with van der Waals surface area (Å²) in [7, 11) is 0. The summed E-state index contributed by atoms with van der Waals surface area (Å²) >= 11 is 5.81. The standard InChI is InChI=1S/C11H11ClO2/c1-2-8(13)7-11(14)9-5-3-4-6-10(9)12/h3-6H,2,7H2,1H3. The van der Waals surface area contributed by atoms with Gasteiger partial charge in [0.25, 0.3) is 0 Å². The smallest absolute Gasteiger partial charge is 0.171 e. The van der Waals surface area contributed by atoms with Gasteiger partial charge >= 0.3 is 0 Å². The Morgan fingerprint density at radius 1 is 1.29 bits per heavy atom. The number of rotatable bonds is 4. The lowest BCUT2D eigenvalue weighted by molar-refractivity contribution is -0.117. The summed E-state index contributed by atoms with van der Waals surface area (Å²) in [6, 6.07) is 6.76. The molecule has 1 rings (SSSR count). The van der Waals surface area contributed by atoms with Crippen molar-refractivity contribution < 1.29 is 9.59 Å². The van der Waals surface area contributed by atoms with Crippen molar-refractivity contribution in [2.75, 3.05) is 0 Å². The molecule has 0 radical (unpaired) electrons. The van der Waals surface area contributed by atoms with Gasteiger partial charge in [-0.2, -0.15) is 0 Å². The molecule has 0 amide bonds. The van der Waals surface area contributed by atoms with Crippen LogP contribution in [-0.2, 0) is 4.79 Å². The van der Waals surface area contributed by atoms with E-state index in [1.165, 1.54) is 0 Å². The minimum Gasteiger partial charge on any atom is -0.299 e. The molecule has 0 aliphatic heterocycles. The first-order valence-electron chi connectivity index (χ1n) is 4.44. The van der Waals surface area contributed by atoms with Gasteiger partial charge in [0, 0.05) is 12.0 Å². The van der Waals surface area contributed by atoms with Gasteiger partial charge < -0.3 is 0 Å². The van der Waals surface area contributed by atoms with Crippen LogP contribution in [0.15, 0.2) is 24.3 Å². The number of carbonyl (C=O) groups excluding carboxylic acids is 2. The number of ketones is 2. The van der Waals surface area contributed by atoms with E-state index in [9.17, 15) is 9.59 Å². The molecular formula is C11H11ClO2. The first-order chi connectivity index (χ1) is 6.65. The van der Waals surface area contributed by atoms with Crippen LogP contribution >= 0.6 is 11.6 Å². The van der Waals surface area contributed by atoms with Gasteiger partial charge in [0.05, 0.1) is 11.4 Å². The summed E-state index contributed by atoms with van der Waals surface area (Å²) in [5.74, 6) is -0.266. The highest BCUT2D eigenvalue weighted by Crippen LogP contribution is 2.16. The minimum absolute atomic E-state index is 0.0553. The monoisotopic (exact) mass is 210 g/mol. The van der Waals surface area contributed by atoms with Crippen molar-refractivity contribution in [2.45, 2.75) is 19.8 Å². The van der Waals surface area contributed by atoms with Crippen molar-refractivity contribution >= 4 is 23.2 Å². The molecule has 0 aliphatic rings. The quantitative estimate of drug-likeness (QED) is 0.566. The number of Topliss-reactive ketones (excluding diaryl/α,β-unsaturated/α-hetero) is 2. The van der Waals surface area contributed by atoms with Crippen LogP contribution in [0.1, 0.15) is 30.1 Å². The Balaban J connectivity index is 2.80. The zero-order valence-corrected chi connectivity index (χ0v) is 8.67. The van der Waals surface area contributed by atoms with E-state index in [1.807, 2.05) is 0 Å². The average molecular weight is 211 g/mol. The molecule has 74 valence electrons. The van der Waals surface area contributed by atoms with E-state index >= 15 is 0 Å². The van der Waals surface area contributed by atoms with Crippen LogP contribution in [0.25, 0.3) is 0 Å². The summed E-state index contributed by atoms with van der Waals surface area (Å²) in [5, 5.41) is 0.404. The third-order valence-electron chi connectivity index (χ3n) is 1.93. The summed E-state index contributed by atoms with van der Waals surface area (Å²) < 4.78 is 0. The fraction of sp³-hybridized carbons (Fsp3) is 0.273. The Labute approximate surface area is 87.9 Å². The van der Waals surface area contributed by atoms with Gasteiger partial charge in [-0.25, -0.2) is 0 Å². The van der Waals surface area contributed by atoms with Crippen LogP contribution in [0, 0.1) is 0 Å². The molecule has 0 heterocycles. The predicted octanol–water partition coefficient (Wildman–Crippen LogP) is 2.89. The second-order valence-corrected chi connectivity index (χ2v) is 3.38. The molecule has 0 atom stereocenters. The highest BCUT2D eigenvalue weighted by molar-refractivity contribution is 6.34. The number of benzene rings is 1. The fourth-order valence-corrected chi connectivity index (χ4v) is 1.33. The molecule has 0 fully saturated rings. The summed E-state index contributed by atoms with van der Waals surface area (Å²) in [4.78, 5) is 22.6. The summed E-state index contributed by atoms with van der Waals surface area (Å²) in [6.45, 7) is 1.74. The average Bonchev–Trinajstić information content (AvgIpc) is 2.18. The lowest BCUT2D eigenvalue weighted by atomic mass is 10.1. The Kier molecular flexibility index (Phi) is 3.84. The van der Waals surface area contributed by atoms with E-state index in [0.717, 1.165) is 0 Å². The fourth-order valence-electron chi connectivity index (χ4n) is 1.09. The lowest BCUT2D eigenvalue weighted by Crippen LogP contribution is -2.07. The molecule has 2 nitrogen and oxygen atoms in total. The van der Waals surface area contributed by atoms with Crippen molar-refractivity contribution in [3.8, 4) is 0 Å². The van der Waals surface area contributed by atoms with Crippen LogP contribution in [0.4, 0.5) is 0 Å². The Hall–Kier alpha value is -1.15. The second-order valence-electron chi connectivity index (χ2n) is 2.97. The van der Waals surface area contributed by atoms with Crippen LogP contribution < -0.4 is 0 Å². The van der Waals surface area contributed by atoms with E-state index in [1.54, 1.807) is 31.2 Å². The van der Waals surface area contributed by atoms with Gasteiger partial charge in [-0.1, -0.05) is 30.7 Å². The van der Waals surface area contributed by atoms with Crippen molar-refractivity contribution in [3.05, 3.63) is 34.9 Å². The molecule has 0 saturated carbocycles. The van der Waals surface area contributed by atoms with Crippen LogP contribution in [0.3, 0.4) is 0 Å². The second kappa shape index (κ2) is 4.91. The predicted molar refractivity (Wildman–Crippen MR) is 55.7 cm³/mol. The van der Waals surface area contributed by atoms with Crippen LogP contribution in [0.5, 0.6) is 0 Å². The maximum atomic E-state index is 11.5. The van der Waals surface area contributed by atoms with E-state index in [0.29, 0.717) is 17.0 Å². The number of carbonyl (C=O) groups is 2. The first kappa shape index (κ1) is 10.9. The third kappa shape index (κ3) is 2.67. The molecule has 1 aromatic rings. The largest absolute Gasteiger partial charge is 0.299 e. The number of hydrogen-bond acceptors (Lipinski definition) is 2. The molecule has 3 heteroatoms. The lowest BCUT2D eigenvalue weighted by Gasteiger charge is -2.01. The van der Waals surface area contributed by atoms with E-state index in [2.05, 4.69) is 0 Å². The van der Waals surface area contributed by atoms with Crippen molar-refractivity contribution in [2.24, 2.45) is 0 Å². The Morgan fingerprint density at radius 2 is 1.93 bits per heavy atom. The van der Waals surface area contributed by atoms with Crippen molar-refractivity contribution in [3.63, 3.8) is 0 Å². The maximum absolute atomic E-state index is 11.5. The third-order valence-corrected chi connectivity index (χ3v) is 2.26. The Morgan fingerprint density at radius 3 is 2.50 bits per heavy atom. The molecule has 1 aromatic carbocycles. The molecule has 0 saturated heterocycles. The first-order valence-corrected chi connectivity index (χ1v) is 4.82. The van der Waals surface area contributed by atoms with Crippen molar-refractivity contribution in [1.29, 1.82) is 0 Å². The zero-order chi connectivity index (χ0) is 10.6. The molecule has 0 unspecified atom stereocenters. The van der Waals surface area contributed by atoms with Crippen molar-refractivity contribution in [1.82, 2.24) is 0 Å². The van der Waals surface area contributed by atoms with E-state index in [-0.39, 0.29) is 18.0 Å². The van der Waals surface area contributed by atoms with Gasteiger partial charge in [0.15, 0.2) is 5.78 Å². The van der Waals surface area contributed by atoms with Gasteiger partial charge in [-0.05, 0) is 12.1 Å². The van der Waals surface area contributed by atoms with E-state index < -0.39 is 0 Å². The normalized spacial score (nSPS) is 9.86. The molecule has 0 N–H and O–H groups in total. The minimum atomic E-state index is -0.206. The van der Waals surface area contributed by atoms with Gasteiger partial charge in [0.2, 0.25) is 0 Å².